The summed E-state index contributed by atoms with van der Waals surface area (Å²) in [6.07, 6.45) is 1.04. The number of hydrogen-bond acceptors (Lipinski definition) is 5. The number of anilines is 1. The van der Waals surface area contributed by atoms with Gasteiger partial charge in [-0.2, -0.15) is 0 Å². The molecule has 2 amide bonds. The SMILES string of the molecule is COc1cccc(CN(C(=O)CN(c2ccc(Cl)cc2C)S(C)(=O)=O)[C@@H](C)C(=O)NC(C)(C)C)c1. The lowest BCUT2D eigenvalue weighted by molar-refractivity contribution is -0.140. The van der Waals surface area contributed by atoms with Crippen molar-refractivity contribution in [3.8, 4) is 5.75 Å². The Labute approximate surface area is 213 Å². The number of aryl methyl sites for hydroxylation is 1. The van der Waals surface area contributed by atoms with Gasteiger partial charge in [-0.3, -0.25) is 13.9 Å². The number of rotatable bonds is 9. The Hall–Kier alpha value is -2.78. The van der Waals surface area contributed by atoms with Gasteiger partial charge in [0, 0.05) is 17.1 Å². The van der Waals surface area contributed by atoms with Gasteiger partial charge >= 0.3 is 0 Å². The summed E-state index contributed by atoms with van der Waals surface area (Å²) in [6.45, 7) is 8.50. The van der Waals surface area contributed by atoms with Gasteiger partial charge in [0.2, 0.25) is 21.8 Å². The van der Waals surface area contributed by atoms with Crippen LogP contribution in [0.15, 0.2) is 42.5 Å². The summed E-state index contributed by atoms with van der Waals surface area (Å²) in [4.78, 5) is 28.0. The molecule has 0 heterocycles. The molecule has 0 saturated heterocycles. The number of benzene rings is 2. The van der Waals surface area contributed by atoms with E-state index in [1.54, 1.807) is 57.4 Å². The van der Waals surface area contributed by atoms with Crippen molar-refractivity contribution in [3.63, 3.8) is 0 Å². The Balaban J connectivity index is 2.45. The predicted molar refractivity (Wildman–Crippen MR) is 139 cm³/mol. The largest absolute Gasteiger partial charge is 0.497 e. The lowest BCUT2D eigenvalue weighted by atomic mass is 10.1. The van der Waals surface area contributed by atoms with E-state index in [9.17, 15) is 18.0 Å². The van der Waals surface area contributed by atoms with Gasteiger partial charge in [0.05, 0.1) is 19.1 Å². The van der Waals surface area contributed by atoms with Crippen molar-refractivity contribution in [3.05, 3.63) is 58.6 Å². The summed E-state index contributed by atoms with van der Waals surface area (Å²) < 4.78 is 31.7. The Morgan fingerprint density at radius 3 is 2.34 bits per heavy atom. The number of ether oxygens (including phenoxy) is 1. The van der Waals surface area contributed by atoms with Gasteiger partial charge in [0.1, 0.15) is 18.3 Å². The quantitative estimate of drug-likeness (QED) is 0.540. The summed E-state index contributed by atoms with van der Waals surface area (Å²) in [6, 6.07) is 11.1. The smallest absolute Gasteiger partial charge is 0.244 e. The van der Waals surface area contributed by atoms with Crippen molar-refractivity contribution in [2.45, 2.75) is 52.7 Å². The van der Waals surface area contributed by atoms with Crippen LogP contribution in [0.1, 0.15) is 38.8 Å². The van der Waals surface area contributed by atoms with Crippen LogP contribution in [0.2, 0.25) is 5.02 Å². The van der Waals surface area contributed by atoms with Crippen LogP contribution in [0.4, 0.5) is 5.69 Å². The zero-order valence-corrected chi connectivity index (χ0v) is 22.8. The molecule has 0 aliphatic carbocycles. The van der Waals surface area contributed by atoms with Crippen LogP contribution in [0, 0.1) is 6.92 Å². The van der Waals surface area contributed by atoms with Crippen LogP contribution in [-0.4, -0.2) is 56.6 Å². The number of halogens is 1. The highest BCUT2D eigenvalue weighted by molar-refractivity contribution is 7.92. The monoisotopic (exact) mass is 523 g/mol. The minimum Gasteiger partial charge on any atom is -0.497 e. The molecule has 2 aromatic carbocycles. The van der Waals surface area contributed by atoms with E-state index < -0.39 is 34.1 Å². The molecule has 10 heteroatoms. The lowest BCUT2D eigenvalue weighted by Gasteiger charge is -2.33. The third kappa shape index (κ3) is 8.14. The molecule has 0 aliphatic heterocycles. The molecule has 8 nitrogen and oxygen atoms in total. The van der Waals surface area contributed by atoms with E-state index >= 15 is 0 Å². The number of nitrogens with one attached hydrogen (secondary N) is 1. The number of carbonyl (C=O) groups excluding carboxylic acids is 2. The van der Waals surface area contributed by atoms with E-state index in [1.807, 2.05) is 26.8 Å². The van der Waals surface area contributed by atoms with E-state index in [0.29, 0.717) is 22.0 Å². The van der Waals surface area contributed by atoms with Gasteiger partial charge in [-0.1, -0.05) is 23.7 Å². The van der Waals surface area contributed by atoms with Gasteiger partial charge in [-0.15, -0.1) is 0 Å². The third-order valence-electron chi connectivity index (χ3n) is 5.26. The van der Waals surface area contributed by atoms with E-state index in [-0.39, 0.29) is 12.5 Å². The van der Waals surface area contributed by atoms with Crippen molar-refractivity contribution >= 4 is 39.1 Å². The minimum absolute atomic E-state index is 0.0893. The summed E-state index contributed by atoms with van der Waals surface area (Å²) in [7, 11) is -2.28. The molecule has 0 aliphatic rings. The average molecular weight is 524 g/mol. The summed E-state index contributed by atoms with van der Waals surface area (Å²) in [5, 5.41) is 3.35. The highest BCUT2D eigenvalue weighted by Gasteiger charge is 2.31. The van der Waals surface area contributed by atoms with Crippen molar-refractivity contribution in [2.24, 2.45) is 0 Å². The van der Waals surface area contributed by atoms with Gasteiger partial charge < -0.3 is 15.0 Å². The third-order valence-corrected chi connectivity index (χ3v) is 6.62. The van der Waals surface area contributed by atoms with Crippen LogP contribution >= 0.6 is 11.6 Å². The Bertz CT molecular complexity index is 1180. The molecular formula is C25H34ClN3O5S. The van der Waals surface area contributed by atoms with Crippen LogP contribution in [-0.2, 0) is 26.2 Å². The van der Waals surface area contributed by atoms with Crippen LogP contribution < -0.4 is 14.4 Å². The fourth-order valence-electron chi connectivity index (χ4n) is 3.52. The van der Waals surface area contributed by atoms with Crippen molar-refractivity contribution < 1.29 is 22.7 Å². The van der Waals surface area contributed by atoms with E-state index in [0.717, 1.165) is 16.1 Å². The van der Waals surface area contributed by atoms with Gasteiger partial charge in [-0.05, 0) is 76.1 Å². The molecular weight excluding hydrogens is 490 g/mol. The first-order valence-corrected chi connectivity index (χ1v) is 13.3. The molecule has 1 N–H and O–H groups in total. The van der Waals surface area contributed by atoms with Gasteiger partial charge in [0.25, 0.3) is 0 Å². The first-order chi connectivity index (χ1) is 16.1. The van der Waals surface area contributed by atoms with Crippen LogP contribution in [0.3, 0.4) is 0 Å². The van der Waals surface area contributed by atoms with Gasteiger partial charge in [-0.25, -0.2) is 8.42 Å². The number of nitrogens with zero attached hydrogens (tertiary/aromatic N) is 2. The second-order valence-corrected chi connectivity index (χ2v) is 11.8. The van der Waals surface area contributed by atoms with Crippen LogP contribution in [0.5, 0.6) is 5.75 Å². The van der Waals surface area contributed by atoms with E-state index in [2.05, 4.69) is 5.32 Å². The summed E-state index contributed by atoms with van der Waals surface area (Å²) in [5.41, 5.74) is 1.18. The van der Waals surface area contributed by atoms with Gasteiger partial charge in [0.15, 0.2) is 0 Å². The van der Waals surface area contributed by atoms with Crippen molar-refractivity contribution in [2.75, 3.05) is 24.2 Å². The predicted octanol–water partition coefficient (Wildman–Crippen LogP) is 3.76. The first-order valence-electron chi connectivity index (χ1n) is 11.1. The van der Waals surface area contributed by atoms with E-state index in [4.69, 9.17) is 16.3 Å². The number of methoxy groups -OCH3 is 1. The second-order valence-electron chi connectivity index (χ2n) is 9.49. The molecule has 0 saturated carbocycles. The molecule has 1 atom stereocenters. The number of sulfonamides is 1. The normalized spacial score (nSPS) is 12.6. The molecule has 0 radical (unpaired) electrons. The molecule has 0 spiro atoms. The average Bonchev–Trinajstić information content (AvgIpc) is 2.74. The summed E-state index contributed by atoms with van der Waals surface area (Å²) in [5.74, 6) is -0.261. The maximum atomic E-state index is 13.6. The number of amides is 2. The minimum atomic E-state index is -3.82. The number of hydrogen-bond donors (Lipinski definition) is 1. The fraction of sp³-hybridized carbons (Fsp3) is 0.440. The maximum absolute atomic E-state index is 13.6. The molecule has 0 fully saturated rings. The van der Waals surface area contributed by atoms with E-state index in [1.165, 1.54) is 4.90 Å². The molecule has 192 valence electrons. The Morgan fingerprint density at radius 1 is 1.14 bits per heavy atom. The van der Waals surface area contributed by atoms with Crippen molar-refractivity contribution in [1.82, 2.24) is 10.2 Å². The fourth-order valence-corrected chi connectivity index (χ4v) is 4.65. The van der Waals surface area contributed by atoms with Crippen molar-refractivity contribution in [1.29, 1.82) is 0 Å². The molecule has 2 rings (SSSR count). The zero-order valence-electron chi connectivity index (χ0n) is 21.3. The molecule has 2 aromatic rings. The summed E-state index contributed by atoms with van der Waals surface area (Å²) >= 11 is 6.04. The topological polar surface area (TPSA) is 96.0 Å². The Morgan fingerprint density at radius 2 is 1.80 bits per heavy atom. The zero-order chi connectivity index (χ0) is 26.6. The molecule has 35 heavy (non-hydrogen) atoms. The lowest BCUT2D eigenvalue weighted by Crippen LogP contribution is -2.54. The number of carbonyl (C=O) groups is 2. The Kier molecular flexibility index (Phi) is 9.19. The molecule has 0 unspecified atom stereocenters. The first kappa shape index (κ1) is 28.5. The standard InChI is InChI=1S/C25H34ClN3O5S/c1-17-13-20(26)11-12-22(17)29(35(7,32)33)16-23(30)28(18(2)24(31)27-25(3,4)5)15-19-9-8-10-21(14-19)34-6/h8-14,18H,15-16H2,1-7H3,(H,27,31)/t18-/m0/s1. The maximum Gasteiger partial charge on any atom is 0.244 e. The second kappa shape index (κ2) is 11.3. The highest BCUT2D eigenvalue weighted by Crippen LogP contribution is 2.26. The molecule has 0 bridgehead atoms. The highest BCUT2D eigenvalue weighted by atomic mass is 35.5. The van der Waals surface area contributed by atoms with Crippen LogP contribution in [0.25, 0.3) is 0 Å². The molecule has 0 aromatic heterocycles.